The van der Waals surface area contributed by atoms with Crippen molar-refractivity contribution in [1.29, 1.82) is 0 Å². The number of benzene rings is 1. The van der Waals surface area contributed by atoms with E-state index in [-0.39, 0.29) is 5.91 Å². The van der Waals surface area contributed by atoms with Crippen molar-refractivity contribution in [1.82, 2.24) is 4.98 Å². The molecule has 1 heterocycles. The number of carbonyl (C=O) groups excluding carboxylic acids is 1. The number of hydrogen-bond donors (Lipinski definition) is 1. The van der Waals surface area contributed by atoms with Crippen LogP contribution in [0.15, 0.2) is 34.4 Å². The van der Waals surface area contributed by atoms with Gasteiger partial charge in [-0.25, -0.2) is 0 Å². The molecule has 0 aliphatic carbocycles. The van der Waals surface area contributed by atoms with E-state index in [4.69, 9.17) is 0 Å². The Labute approximate surface area is 106 Å². The molecule has 0 saturated carbocycles. The molecule has 0 aliphatic rings. The number of halogens is 1. The van der Waals surface area contributed by atoms with E-state index in [2.05, 4.69) is 26.2 Å². The molecule has 0 atom stereocenters. The number of amides is 1. The van der Waals surface area contributed by atoms with Crippen molar-refractivity contribution in [3.8, 4) is 0 Å². The Hall–Kier alpha value is -1.20. The number of aromatic nitrogens is 1. The molecule has 1 aromatic carbocycles. The molecule has 16 heavy (non-hydrogen) atoms. The molecule has 0 bridgehead atoms. The molecule has 0 fully saturated rings. The minimum Gasteiger partial charge on any atom is -0.321 e. The van der Waals surface area contributed by atoms with E-state index in [0.717, 1.165) is 15.7 Å². The Morgan fingerprint density at radius 2 is 2.25 bits per heavy atom. The van der Waals surface area contributed by atoms with Crippen LogP contribution >= 0.6 is 27.3 Å². The van der Waals surface area contributed by atoms with Crippen molar-refractivity contribution < 1.29 is 4.79 Å². The SMILES string of the molecule is Cc1cc(Br)cc(NC(=O)c2cncs2)c1. The number of anilines is 1. The third-order valence-corrected chi connectivity index (χ3v) is 3.19. The van der Waals surface area contributed by atoms with E-state index in [1.807, 2.05) is 25.1 Å². The molecule has 5 heteroatoms. The zero-order valence-corrected chi connectivity index (χ0v) is 10.9. The number of hydrogen-bond acceptors (Lipinski definition) is 3. The zero-order valence-electron chi connectivity index (χ0n) is 8.53. The first-order valence-corrected chi connectivity index (χ1v) is 6.29. The highest BCUT2D eigenvalue weighted by Gasteiger charge is 2.07. The van der Waals surface area contributed by atoms with Gasteiger partial charge in [-0.05, 0) is 30.7 Å². The summed E-state index contributed by atoms with van der Waals surface area (Å²) in [5.41, 5.74) is 3.51. The third kappa shape index (κ3) is 2.68. The van der Waals surface area contributed by atoms with Crippen molar-refractivity contribution in [2.75, 3.05) is 5.32 Å². The molecule has 1 N–H and O–H groups in total. The minimum atomic E-state index is -0.125. The van der Waals surface area contributed by atoms with Crippen molar-refractivity contribution in [3.05, 3.63) is 44.8 Å². The van der Waals surface area contributed by atoms with Crippen molar-refractivity contribution in [3.63, 3.8) is 0 Å². The van der Waals surface area contributed by atoms with E-state index in [1.165, 1.54) is 11.3 Å². The van der Waals surface area contributed by atoms with Crippen LogP contribution in [0, 0.1) is 6.92 Å². The number of nitrogens with zero attached hydrogens (tertiary/aromatic N) is 1. The standard InChI is InChI=1S/C11H9BrN2OS/c1-7-2-8(12)4-9(3-7)14-11(15)10-5-13-6-16-10/h2-6H,1H3,(H,14,15). The summed E-state index contributed by atoms with van der Waals surface area (Å²) in [7, 11) is 0. The molecule has 2 rings (SSSR count). The summed E-state index contributed by atoms with van der Waals surface area (Å²) in [6.07, 6.45) is 1.56. The predicted molar refractivity (Wildman–Crippen MR) is 68.9 cm³/mol. The molecule has 1 aromatic heterocycles. The number of carbonyl (C=O) groups is 1. The Bertz CT molecular complexity index is 490. The van der Waals surface area contributed by atoms with Gasteiger partial charge in [0.05, 0.1) is 11.7 Å². The van der Waals surface area contributed by atoms with E-state index in [0.29, 0.717) is 4.88 Å². The number of rotatable bonds is 2. The van der Waals surface area contributed by atoms with E-state index in [9.17, 15) is 4.79 Å². The average molecular weight is 297 g/mol. The lowest BCUT2D eigenvalue weighted by Gasteiger charge is -2.05. The van der Waals surface area contributed by atoms with Gasteiger partial charge in [0.1, 0.15) is 4.88 Å². The molecule has 0 unspecified atom stereocenters. The molecule has 2 aromatic rings. The molecular weight excluding hydrogens is 288 g/mol. The highest BCUT2D eigenvalue weighted by molar-refractivity contribution is 9.10. The molecule has 1 amide bonds. The summed E-state index contributed by atoms with van der Waals surface area (Å²) in [5, 5.41) is 2.83. The van der Waals surface area contributed by atoms with Crippen LogP contribution in [0.3, 0.4) is 0 Å². The first-order valence-electron chi connectivity index (χ1n) is 4.62. The van der Waals surface area contributed by atoms with Crippen LogP contribution in [0.4, 0.5) is 5.69 Å². The maximum atomic E-state index is 11.7. The first kappa shape index (κ1) is 11.3. The fraction of sp³-hybridized carbons (Fsp3) is 0.0909. The molecule has 0 aliphatic heterocycles. The van der Waals surface area contributed by atoms with Crippen molar-refractivity contribution in [2.45, 2.75) is 6.92 Å². The van der Waals surface area contributed by atoms with Gasteiger partial charge in [0.15, 0.2) is 0 Å². The second-order valence-corrected chi connectivity index (χ2v) is 5.14. The Kier molecular flexibility index (Phi) is 3.36. The van der Waals surface area contributed by atoms with Crippen LogP contribution in [0.25, 0.3) is 0 Å². The van der Waals surface area contributed by atoms with Crippen molar-refractivity contribution >= 4 is 38.9 Å². The van der Waals surface area contributed by atoms with Crippen LogP contribution in [-0.4, -0.2) is 10.9 Å². The Morgan fingerprint density at radius 1 is 1.44 bits per heavy atom. The van der Waals surface area contributed by atoms with Crippen LogP contribution in [0.1, 0.15) is 15.2 Å². The molecule has 0 radical (unpaired) electrons. The lowest BCUT2D eigenvalue weighted by molar-refractivity contribution is 0.103. The van der Waals surface area contributed by atoms with Gasteiger partial charge in [-0.15, -0.1) is 11.3 Å². The van der Waals surface area contributed by atoms with Crippen LogP contribution in [0.5, 0.6) is 0 Å². The van der Waals surface area contributed by atoms with E-state index >= 15 is 0 Å². The Morgan fingerprint density at radius 3 is 2.88 bits per heavy atom. The van der Waals surface area contributed by atoms with Gasteiger partial charge in [-0.3, -0.25) is 9.78 Å². The lowest BCUT2D eigenvalue weighted by atomic mass is 10.2. The van der Waals surface area contributed by atoms with Gasteiger partial charge in [-0.2, -0.15) is 0 Å². The average Bonchev–Trinajstić information content (AvgIpc) is 2.68. The lowest BCUT2D eigenvalue weighted by Crippen LogP contribution is -2.10. The first-order chi connectivity index (χ1) is 7.65. The second-order valence-electron chi connectivity index (χ2n) is 3.34. The zero-order chi connectivity index (χ0) is 11.5. The van der Waals surface area contributed by atoms with Gasteiger partial charge < -0.3 is 5.32 Å². The van der Waals surface area contributed by atoms with Crippen LogP contribution in [-0.2, 0) is 0 Å². The van der Waals surface area contributed by atoms with Crippen LogP contribution in [0.2, 0.25) is 0 Å². The number of thiazole rings is 1. The summed E-state index contributed by atoms with van der Waals surface area (Å²) in [5.74, 6) is -0.125. The van der Waals surface area contributed by atoms with Crippen molar-refractivity contribution in [2.24, 2.45) is 0 Å². The quantitative estimate of drug-likeness (QED) is 0.922. The normalized spacial score (nSPS) is 10.1. The second kappa shape index (κ2) is 4.76. The molecule has 0 spiro atoms. The summed E-state index contributed by atoms with van der Waals surface area (Å²) < 4.78 is 0.951. The van der Waals surface area contributed by atoms with Gasteiger partial charge in [0, 0.05) is 10.2 Å². The predicted octanol–water partition coefficient (Wildman–Crippen LogP) is 3.47. The fourth-order valence-corrected chi connectivity index (χ4v) is 2.45. The number of aryl methyl sites for hydroxylation is 1. The molecule has 0 saturated heterocycles. The van der Waals surface area contributed by atoms with E-state index in [1.54, 1.807) is 11.7 Å². The Balaban J connectivity index is 2.18. The largest absolute Gasteiger partial charge is 0.321 e. The highest BCUT2D eigenvalue weighted by Crippen LogP contribution is 2.20. The van der Waals surface area contributed by atoms with Crippen LogP contribution < -0.4 is 5.32 Å². The smallest absolute Gasteiger partial charge is 0.267 e. The topological polar surface area (TPSA) is 42.0 Å². The fourth-order valence-electron chi connectivity index (χ4n) is 1.33. The third-order valence-electron chi connectivity index (χ3n) is 1.96. The highest BCUT2D eigenvalue weighted by atomic mass is 79.9. The maximum absolute atomic E-state index is 11.7. The molecule has 82 valence electrons. The van der Waals surface area contributed by atoms with Gasteiger partial charge in [0.25, 0.3) is 5.91 Å². The van der Waals surface area contributed by atoms with Gasteiger partial charge in [-0.1, -0.05) is 15.9 Å². The van der Waals surface area contributed by atoms with Gasteiger partial charge >= 0.3 is 0 Å². The maximum Gasteiger partial charge on any atom is 0.267 e. The summed E-state index contributed by atoms with van der Waals surface area (Å²) >= 11 is 4.71. The minimum absolute atomic E-state index is 0.125. The molecular formula is C11H9BrN2OS. The van der Waals surface area contributed by atoms with Gasteiger partial charge in [0.2, 0.25) is 0 Å². The number of nitrogens with one attached hydrogen (secondary N) is 1. The summed E-state index contributed by atoms with van der Waals surface area (Å²) in [4.78, 5) is 16.2. The van der Waals surface area contributed by atoms with E-state index < -0.39 is 0 Å². The molecule has 3 nitrogen and oxygen atoms in total. The summed E-state index contributed by atoms with van der Waals surface area (Å²) in [6, 6.07) is 5.78. The summed E-state index contributed by atoms with van der Waals surface area (Å²) in [6.45, 7) is 1.98. The monoisotopic (exact) mass is 296 g/mol.